The van der Waals surface area contributed by atoms with Crippen molar-refractivity contribution >= 4 is 19.4 Å². The van der Waals surface area contributed by atoms with Gasteiger partial charge in [0.25, 0.3) is 0 Å². The van der Waals surface area contributed by atoms with E-state index in [2.05, 4.69) is 20.8 Å². The van der Waals surface area contributed by atoms with Gasteiger partial charge < -0.3 is 29.8 Å². The van der Waals surface area contributed by atoms with Crippen molar-refractivity contribution in [2.24, 2.45) is 0 Å². The third-order valence-corrected chi connectivity index (χ3v) is 6.72. The molecule has 0 saturated carbocycles. The molecule has 0 bridgehead atoms. The second-order valence-electron chi connectivity index (χ2n) is 8.26. The average Bonchev–Trinajstić information content (AvgIpc) is 2.89. The van der Waals surface area contributed by atoms with Gasteiger partial charge in [-0.1, -0.05) is 40.0 Å². The van der Waals surface area contributed by atoms with Crippen molar-refractivity contribution in [3.05, 3.63) is 29.8 Å². The van der Waals surface area contributed by atoms with E-state index in [9.17, 15) is 4.79 Å². The zero-order valence-corrected chi connectivity index (χ0v) is 24.5. The Hall–Kier alpha value is -2.06. The summed E-state index contributed by atoms with van der Waals surface area (Å²) in [6.07, 6.45) is 5.82. The third kappa shape index (κ3) is 9.97. The van der Waals surface area contributed by atoms with Gasteiger partial charge in [0.2, 0.25) is 0 Å². The van der Waals surface area contributed by atoms with Gasteiger partial charge in [-0.05, 0) is 27.8 Å². The zero-order chi connectivity index (χ0) is 26.3. The summed E-state index contributed by atoms with van der Waals surface area (Å²) in [4.78, 5) is 13.7. The number of benzene rings is 2. The summed E-state index contributed by atoms with van der Waals surface area (Å²) in [5.41, 5.74) is 0.216. The van der Waals surface area contributed by atoms with E-state index in [1.165, 1.54) is 14.2 Å². The molecule has 0 aromatic heterocycles. The molecule has 0 aliphatic rings. The molecule has 0 saturated heterocycles. The summed E-state index contributed by atoms with van der Waals surface area (Å²) < 4.78 is 34.7. The van der Waals surface area contributed by atoms with E-state index in [4.69, 9.17) is 28.4 Å². The summed E-state index contributed by atoms with van der Waals surface area (Å²) >= 11 is 0. The Balaban J connectivity index is 0.00000684. The van der Waals surface area contributed by atoms with Crippen molar-refractivity contribution in [1.82, 2.24) is 0 Å². The zero-order valence-electron chi connectivity index (χ0n) is 24.5. The van der Waals surface area contributed by atoms with Gasteiger partial charge in [0.05, 0.1) is 46.5 Å². The molecule has 0 radical (unpaired) electrons. The van der Waals surface area contributed by atoms with Crippen molar-refractivity contribution < 1.29 is 53.5 Å². The first kappa shape index (κ1) is 33.0. The number of unbranched alkanes of at least 4 members (excludes halogenated alkanes) is 3. The number of methoxy groups -OCH3 is 3. The molecule has 2 aromatic carbocycles. The van der Waals surface area contributed by atoms with Crippen LogP contribution in [0.15, 0.2) is 24.3 Å². The van der Waals surface area contributed by atoms with E-state index in [1.807, 2.05) is 12.1 Å². The topological polar surface area (TPSA) is 72.5 Å². The Morgan fingerprint density at radius 2 is 1.11 bits per heavy atom. The van der Waals surface area contributed by atoms with Crippen LogP contribution in [0.25, 0.3) is 0 Å². The summed E-state index contributed by atoms with van der Waals surface area (Å²) in [5.74, 6) is 3.24. The fraction of sp³-hybridized carbons (Fsp3) is 0.536. The maximum absolute atomic E-state index is 13.7. The van der Waals surface area contributed by atoms with Gasteiger partial charge in [0.1, 0.15) is 40.1 Å². The van der Waals surface area contributed by atoms with Crippen molar-refractivity contribution in [3.8, 4) is 34.5 Å². The van der Waals surface area contributed by atoms with Crippen LogP contribution in [0, 0.1) is 0 Å². The molecule has 0 aliphatic carbocycles. The first-order valence-corrected chi connectivity index (χ1v) is 13.7. The van der Waals surface area contributed by atoms with Gasteiger partial charge in [-0.3, -0.25) is 4.79 Å². The van der Waals surface area contributed by atoms with Crippen LogP contribution >= 0.6 is 8.58 Å². The van der Waals surface area contributed by atoms with Gasteiger partial charge in [0.15, 0.2) is 5.52 Å². The molecule has 0 spiro atoms. The first-order valence-electron chi connectivity index (χ1n) is 12.7. The number of ether oxygens (including phenoxy) is 6. The maximum atomic E-state index is 13.7. The Labute approximate surface area is 237 Å². The second-order valence-corrected chi connectivity index (χ2v) is 9.47. The van der Waals surface area contributed by atoms with Gasteiger partial charge >= 0.3 is 18.9 Å². The number of hydrogen-bond acceptors (Lipinski definition) is 7. The molecule has 1 atom stereocenters. The fourth-order valence-corrected chi connectivity index (χ4v) is 4.53. The molecule has 37 heavy (non-hydrogen) atoms. The standard InChI is InChI=1S/C28H41O7P.Li.H/c1-7-10-13-33-21-18-24(34-14-11-8-2)27(25(19-21)35-15-12-9-3)36-28(29)26-22(31-5)16-20(30-4)17-23(26)32-6;;/h16-19,36H,7-15H2,1-6H3;;/q;+1;-1. The molecule has 202 valence electrons. The van der Waals surface area contributed by atoms with Crippen molar-refractivity contribution in [3.63, 3.8) is 0 Å². The van der Waals surface area contributed by atoms with Gasteiger partial charge in [-0.15, -0.1) is 0 Å². The number of hydrogen-bond donors (Lipinski definition) is 0. The summed E-state index contributed by atoms with van der Waals surface area (Å²) in [5, 5.41) is 0.718. The monoisotopic (exact) mass is 528 g/mol. The van der Waals surface area contributed by atoms with Crippen LogP contribution in [0.5, 0.6) is 34.5 Å². The normalized spacial score (nSPS) is 10.6. The molecule has 9 heteroatoms. The van der Waals surface area contributed by atoms with E-state index >= 15 is 0 Å². The van der Waals surface area contributed by atoms with E-state index in [0.29, 0.717) is 59.9 Å². The molecule has 0 amide bonds. The van der Waals surface area contributed by atoms with Gasteiger partial charge in [-0.25, -0.2) is 0 Å². The molecule has 0 N–H and O–H groups in total. The Morgan fingerprint density at radius 1 is 0.676 bits per heavy atom. The van der Waals surface area contributed by atoms with Crippen LogP contribution in [0.1, 0.15) is 71.1 Å². The number of carbonyl (C=O) groups excluding carboxylic acids is 1. The largest absolute Gasteiger partial charge is 1.00 e. The van der Waals surface area contributed by atoms with Crippen LogP contribution in [-0.4, -0.2) is 46.7 Å². The average molecular weight is 529 g/mol. The quantitative estimate of drug-likeness (QED) is 0.167. The summed E-state index contributed by atoms with van der Waals surface area (Å²) in [6, 6.07) is 7.11. The summed E-state index contributed by atoms with van der Waals surface area (Å²) in [6.45, 7) is 8.05. The van der Waals surface area contributed by atoms with Crippen LogP contribution in [-0.2, 0) is 0 Å². The number of rotatable bonds is 18. The van der Waals surface area contributed by atoms with Gasteiger partial charge in [-0.2, -0.15) is 0 Å². The van der Waals surface area contributed by atoms with Crippen molar-refractivity contribution in [2.75, 3.05) is 41.2 Å². The molecule has 7 nitrogen and oxygen atoms in total. The smallest absolute Gasteiger partial charge is 1.00 e. The van der Waals surface area contributed by atoms with Gasteiger partial charge in [0, 0.05) is 24.3 Å². The SMILES string of the molecule is CCCCOc1cc(OCCCC)c(PC(=O)c2c(OC)cc(OC)cc2OC)c(OCCCC)c1.[H-].[Li+]. The minimum absolute atomic E-state index is 0. The Bertz CT molecular complexity index is 918. The first-order chi connectivity index (χ1) is 17.5. The van der Waals surface area contributed by atoms with Crippen LogP contribution < -0.4 is 52.6 Å². The van der Waals surface area contributed by atoms with E-state index < -0.39 is 0 Å². The minimum Gasteiger partial charge on any atom is -1.00 e. The van der Waals surface area contributed by atoms with E-state index in [1.54, 1.807) is 19.2 Å². The summed E-state index contributed by atoms with van der Waals surface area (Å²) in [7, 11) is 4.33. The Morgan fingerprint density at radius 3 is 1.51 bits per heavy atom. The van der Waals surface area contributed by atoms with Crippen LogP contribution in [0.2, 0.25) is 0 Å². The molecule has 2 aromatic rings. The molecule has 0 fully saturated rings. The van der Waals surface area contributed by atoms with Crippen LogP contribution in [0.4, 0.5) is 0 Å². The predicted molar refractivity (Wildman–Crippen MR) is 147 cm³/mol. The van der Waals surface area contributed by atoms with Crippen molar-refractivity contribution in [2.45, 2.75) is 59.3 Å². The minimum atomic E-state index is -0.273. The predicted octanol–water partition coefficient (Wildman–Crippen LogP) is 3.51. The molecular weight excluding hydrogens is 486 g/mol. The maximum Gasteiger partial charge on any atom is 1.00 e. The third-order valence-electron chi connectivity index (χ3n) is 5.50. The van der Waals surface area contributed by atoms with E-state index in [-0.39, 0.29) is 34.4 Å². The van der Waals surface area contributed by atoms with Crippen molar-refractivity contribution in [1.29, 1.82) is 0 Å². The molecular formula is C28H42LiO7P. The molecule has 0 heterocycles. The van der Waals surface area contributed by atoms with E-state index in [0.717, 1.165) is 43.8 Å². The Kier molecular flexibility index (Phi) is 16.2. The molecule has 2 rings (SSSR count). The van der Waals surface area contributed by atoms with Crippen LogP contribution in [0.3, 0.4) is 0 Å². The fourth-order valence-electron chi connectivity index (χ4n) is 3.39. The molecule has 0 aliphatic heterocycles. The number of carbonyl (C=O) groups is 1. The molecule has 1 unspecified atom stereocenters. The second kappa shape index (κ2) is 18.2.